The van der Waals surface area contributed by atoms with E-state index in [-0.39, 0.29) is 11.9 Å². The number of hydrogen-bond acceptors (Lipinski definition) is 5. The summed E-state index contributed by atoms with van der Waals surface area (Å²) in [4.78, 5) is 24.0. The molecule has 0 radical (unpaired) electrons. The lowest BCUT2D eigenvalue weighted by molar-refractivity contribution is 0.0706. The van der Waals surface area contributed by atoms with Crippen LogP contribution in [0.15, 0.2) is 34.9 Å². The van der Waals surface area contributed by atoms with E-state index < -0.39 is 0 Å². The van der Waals surface area contributed by atoms with E-state index in [1.165, 1.54) is 24.8 Å². The Labute approximate surface area is 167 Å². The number of hydrogen-bond donors (Lipinski definition) is 0. The number of aryl methyl sites for hydroxylation is 1. The van der Waals surface area contributed by atoms with Gasteiger partial charge in [-0.05, 0) is 63.5 Å². The van der Waals surface area contributed by atoms with Gasteiger partial charge < -0.3 is 14.2 Å². The fourth-order valence-corrected chi connectivity index (χ4v) is 4.26. The second-order valence-corrected chi connectivity index (χ2v) is 7.90. The summed E-state index contributed by atoms with van der Waals surface area (Å²) in [6.07, 6.45) is 5.64. The monoisotopic (exact) mass is 382 g/mol. The first-order valence-corrected chi connectivity index (χ1v) is 10.4. The molecule has 0 saturated carbocycles. The molecule has 2 aliphatic rings. The van der Waals surface area contributed by atoms with Gasteiger partial charge in [0.15, 0.2) is 5.76 Å². The predicted octanol–water partition coefficient (Wildman–Crippen LogP) is 3.49. The van der Waals surface area contributed by atoms with Crippen molar-refractivity contribution in [2.75, 3.05) is 44.2 Å². The Morgan fingerprint density at radius 2 is 1.79 bits per heavy atom. The molecule has 2 aromatic heterocycles. The van der Waals surface area contributed by atoms with Crippen LogP contribution in [-0.2, 0) is 0 Å². The maximum atomic E-state index is 12.9. The third-order valence-corrected chi connectivity index (χ3v) is 6.04. The minimum Gasteiger partial charge on any atom is -0.454 e. The van der Waals surface area contributed by atoms with Gasteiger partial charge in [0.05, 0.1) is 6.04 Å². The van der Waals surface area contributed by atoms with Crippen LogP contribution in [0.5, 0.6) is 0 Å². The molecule has 2 aliphatic heterocycles. The molecule has 150 valence electrons. The van der Waals surface area contributed by atoms with E-state index in [0.29, 0.717) is 18.8 Å². The molecule has 2 fully saturated rings. The van der Waals surface area contributed by atoms with E-state index in [2.05, 4.69) is 34.7 Å². The molecule has 0 aliphatic carbocycles. The number of likely N-dealkylation sites (tertiary alicyclic amines) is 1. The third-order valence-electron chi connectivity index (χ3n) is 6.04. The summed E-state index contributed by atoms with van der Waals surface area (Å²) >= 11 is 0. The van der Waals surface area contributed by atoms with Crippen LogP contribution in [0.4, 0.5) is 5.82 Å². The second-order valence-electron chi connectivity index (χ2n) is 7.90. The number of carbonyl (C=O) groups excluding carboxylic acids is 1. The van der Waals surface area contributed by atoms with Crippen molar-refractivity contribution in [2.24, 2.45) is 0 Å². The van der Waals surface area contributed by atoms with E-state index in [1.807, 2.05) is 29.3 Å². The first-order chi connectivity index (χ1) is 13.6. The van der Waals surface area contributed by atoms with Crippen molar-refractivity contribution >= 4 is 11.7 Å². The lowest BCUT2D eigenvalue weighted by atomic mass is 10.1. The topological polar surface area (TPSA) is 52.8 Å². The highest BCUT2D eigenvalue weighted by molar-refractivity contribution is 5.91. The molecule has 1 atom stereocenters. The largest absolute Gasteiger partial charge is 0.454 e. The second kappa shape index (κ2) is 8.35. The minimum atomic E-state index is -0.00510. The Morgan fingerprint density at radius 3 is 2.50 bits per heavy atom. The highest BCUT2D eigenvalue weighted by atomic mass is 16.4. The molecule has 6 nitrogen and oxygen atoms in total. The van der Waals surface area contributed by atoms with E-state index in [1.54, 1.807) is 0 Å². The number of anilines is 1. The fourth-order valence-electron chi connectivity index (χ4n) is 4.26. The van der Waals surface area contributed by atoms with Gasteiger partial charge >= 0.3 is 0 Å². The van der Waals surface area contributed by atoms with Crippen LogP contribution < -0.4 is 4.90 Å². The lowest BCUT2D eigenvalue weighted by Gasteiger charge is -2.35. The van der Waals surface area contributed by atoms with Crippen molar-refractivity contribution in [1.82, 2.24) is 14.8 Å². The van der Waals surface area contributed by atoms with Gasteiger partial charge in [0.2, 0.25) is 0 Å². The minimum absolute atomic E-state index is 0.00510. The highest BCUT2D eigenvalue weighted by Crippen LogP contribution is 2.26. The summed E-state index contributed by atoms with van der Waals surface area (Å²) in [5.74, 6) is 2.37. The zero-order chi connectivity index (χ0) is 19.5. The van der Waals surface area contributed by atoms with E-state index in [0.717, 1.165) is 37.8 Å². The number of piperidine rings is 1. The molecular weight excluding hydrogens is 352 g/mol. The number of amides is 1. The van der Waals surface area contributed by atoms with E-state index in [9.17, 15) is 4.79 Å². The maximum absolute atomic E-state index is 12.9. The Balaban J connectivity index is 1.37. The number of pyridine rings is 1. The molecular formula is C22H30N4O2. The van der Waals surface area contributed by atoms with Crippen LogP contribution in [0, 0.1) is 6.92 Å². The number of rotatable bonds is 4. The average molecular weight is 383 g/mol. The summed E-state index contributed by atoms with van der Waals surface area (Å²) in [6.45, 7) is 9.43. The zero-order valence-corrected chi connectivity index (χ0v) is 16.9. The normalized spacial score (nSPS) is 19.6. The smallest absolute Gasteiger partial charge is 0.289 e. The summed E-state index contributed by atoms with van der Waals surface area (Å²) in [7, 11) is 0. The van der Waals surface area contributed by atoms with Crippen LogP contribution in [0.1, 0.15) is 54.1 Å². The molecule has 28 heavy (non-hydrogen) atoms. The average Bonchev–Trinajstić information content (AvgIpc) is 3.24. The van der Waals surface area contributed by atoms with Crippen LogP contribution >= 0.6 is 0 Å². The number of carbonyl (C=O) groups is 1. The zero-order valence-electron chi connectivity index (χ0n) is 16.9. The number of aromatic nitrogens is 1. The predicted molar refractivity (Wildman–Crippen MR) is 110 cm³/mol. The number of furan rings is 1. The molecule has 4 heterocycles. The summed E-state index contributed by atoms with van der Waals surface area (Å²) < 4.78 is 5.99. The molecule has 4 rings (SSSR count). The van der Waals surface area contributed by atoms with Gasteiger partial charge in [-0.15, -0.1) is 0 Å². The van der Waals surface area contributed by atoms with Crippen molar-refractivity contribution in [1.29, 1.82) is 0 Å². The van der Waals surface area contributed by atoms with E-state index in [4.69, 9.17) is 4.42 Å². The van der Waals surface area contributed by atoms with Gasteiger partial charge in [-0.25, -0.2) is 4.98 Å². The Bertz CT molecular complexity index is 804. The molecule has 6 heteroatoms. The Morgan fingerprint density at radius 1 is 1.04 bits per heavy atom. The van der Waals surface area contributed by atoms with Gasteiger partial charge in [0, 0.05) is 32.4 Å². The summed E-state index contributed by atoms with van der Waals surface area (Å²) in [6, 6.07) is 8.07. The molecule has 2 aromatic rings. The van der Waals surface area contributed by atoms with Gasteiger partial charge in [0.25, 0.3) is 5.91 Å². The SMILES string of the molecule is Cc1cccnc1N1CCN(C(=O)c2ccc([C@H](C)N3CCCCC3)o2)CC1. The van der Waals surface area contributed by atoms with Crippen LogP contribution in [-0.4, -0.2) is 60.0 Å². The maximum Gasteiger partial charge on any atom is 0.289 e. The molecule has 0 bridgehead atoms. The van der Waals surface area contributed by atoms with Crippen LogP contribution in [0.25, 0.3) is 0 Å². The van der Waals surface area contributed by atoms with Crippen molar-refractivity contribution in [3.05, 3.63) is 47.5 Å². The third kappa shape index (κ3) is 3.92. The summed E-state index contributed by atoms with van der Waals surface area (Å²) in [5.41, 5.74) is 1.17. The van der Waals surface area contributed by atoms with Gasteiger partial charge in [0.1, 0.15) is 11.6 Å². The van der Waals surface area contributed by atoms with Crippen LogP contribution in [0.2, 0.25) is 0 Å². The van der Waals surface area contributed by atoms with Gasteiger partial charge in [-0.2, -0.15) is 0 Å². The molecule has 0 unspecified atom stereocenters. The fraction of sp³-hybridized carbons (Fsp3) is 0.545. The summed E-state index contributed by atoms with van der Waals surface area (Å²) in [5, 5.41) is 0. The van der Waals surface area contributed by atoms with Crippen molar-refractivity contribution in [2.45, 2.75) is 39.2 Å². The lowest BCUT2D eigenvalue weighted by Crippen LogP contribution is -2.49. The van der Waals surface area contributed by atoms with Gasteiger partial charge in [-0.1, -0.05) is 12.5 Å². The van der Waals surface area contributed by atoms with Crippen molar-refractivity contribution < 1.29 is 9.21 Å². The van der Waals surface area contributed by atoms with Gasteiger partial charge in [-0.3, -0.25) is 9.69 Å². The molecule has 0 aromatic carbocycles. The van der Waals surface area contributed by atoms with Crippen molar-refractivity contribution in [3.63, 3.8) is 0 Å². The Kier molecular flexibility index (Phi) is 5.67. The van der Waals surface area contributed by atoms with Crippen molar-refractivity contribution in [3.8, 4) is 0 Å². The highest BCUT2D eigenvalue weighted by Gasteiger charge is 2.27. The van der Waals surface area contributed by atoms with E-state index >= 15 is 0 Å². The molecule has 0 N–H and O–H groups in total. The quantitative estimate of drug-likeness (QED) is 0.810. The first kappa shape index (κ1) is 19.0. The molecule has 0 spiro atoms. The van der Waals surface area contributed by atoms with Crippen LogP contribution in [0.3, 0.4) is 0 Å². The first-order valence-electron chi connectivity index (χ1n) is 10.4. The standard InChI is InChI=1S/C22H30N4O2/c1-17-7-6-10-23-21(17)25-13-15-26(16-14-25)22(27)20-9-8-19(28-20)18(2)24-11-4-3-5-12-24/h6-10,18H,3-5,11-16H2,1-2H3/t18-/m0/s1. The molecule has 2 saturated heterocycles. The molecule has 1 amide bonds. The number of piperazine rings is 1. The Hall–Kier alpha value is -2.34. The number of nitrogens with zero attached hydrogens (tertiary/aromatic N) is 4.